The van der Waals surface area contributed by atoms with E-state index in [-0.39, 0.29) is 24.0 Å². The standard InChI is InChI=1S/C20H18N4O.C18H22N2O5/c1-23(2)19-10-9-16(12-21-19)14-5-7-15(8-6-14)17-13-24-11-3-4-18(25)20(24)22-17;1-2-7-24-8-9-25-13-3-4-14-12(10-13)11-20(18(14)23)15-5-6-16(21)19-17(15)22/h3-13,25H,1-2H3;3-4,10,15H,2,5-9,11H2,1H3,(H,19,21,22). The van der Waals surface area contributed by atoms with Crippen LogP contribution < -0.4 is 15.0 Å². The summed E-state index contributed by atoms with van der Waals surface area (Å²) >= 11 is 0. The highest BCUT2D eigenvalue weighted by atomic mass is 16.5. The van der Waals surface area contributed by atoms with Crippen LogP contribution in [-0.4, -0.2) is 82.1 Å². The number of fused-ring (bicyclic) bond motifs is 2. The van der Waals surface area contributed by atoms with E-state index in [1.165, 1.54) is 4.90 Å². The van der Waals surface area contributed by atoms with Gasteiger partial charge in [0.15, 0.2) is 11.4 Å². The van der Waals surface area contributed by atoms with Crippen molar-refractivity contribution in [1.29, 1.82) is 0 Å². The molecule has 1 saturated heterocycles. The lowest BCUT2D eigenvalue weighted by Crippen LogP contribution is -2.52. The summed E-state index contributed by atoms with van der Waals surface area (Å²) in [6, 6.07) is 20.4. The Morgan fingerprint density at radius 2 is 1.74 bits per heavy atom. The second-order valence-electron chi connectivity index (χ2n) is 12.3. The van der Waals surface area contributed by atoms with Gasteiger partial charge in [0, 0.05) is 68.9 Å². The van der Waals surface area contributed by atoms with Crippen molar-refractivity contribution in [2.45, 2.75) is 38.8 Å². The molecule has 1 unspecified atom stereocenters. The molecule has 0 spiro atoms. The molecule has 5 heterocycles. The van der Waals surface area contributed by atoms with Crippen molar-refractivity contribution in [3.05, 3.63) is 96.4 Å². The molecule has 0 saturated carbocycles. The monoisotopic (exact) mass is 676 g/mol. The summed E-state index contributed by atoms with van der Waals surface area (Å²) in [5, 5.41) is 12.2. The van der Waals surface area contributed by atoms with Gasteiger partial charge >= 0.3 is 0 Å². The second-order valence-corrected chi connectivity index (χ2v) is 12.3. The van der Waals surface area contributed by atoms with Crippen molar-refractivity contribution >= 4 is 29.2 Å². The van der Waals surface area contributed by atoms with Gasteiger partial charge in [-0.25, -0.2) is 9.97 Å². The Labute approximate surface area is 290 Å². The number of piperidine rings is 1. The average molecular weight is 677 g/mol. The molecule has 0 aliphatic carbocycles. The molecule has 7 rings (SSSR count). The van der Waals surface area contributed by atoms with Gasteiger partial charge in [-0.2, -0.15) is 0 Å². The third kappa shape index (κ3) is 7.60. The number of pyridine rings is 2. The minimum absolute atomic E-state index is 0.178. The van der Waals surface area contributed by atoms with E-state index in [1.54, 1.807) is 24.3 Å². The zero-order chi connectivity index (χ0) is 35.2. The Hall–Kier alpha value is -5.75. The maximum Gasteiger partial charge on any atom is 0.255 e. The molecule has 5 aromatic rings. The van der Waals surface area contributed by atoms with E-state index >= 15 is 0 Å². The predicted octanol–water partition coefficient (Wildman–Crippen LogP) is 5.09. The minimum Gasteiger partial charge on any atom is -0.504 e. The van der Waals surface area contributed by atoms with E-state index < -0.39 is 11.9 Å². The average Bonchev–Trinajstić information content (AvgIpc) is 3.70. The number of nitrogens with zero attached hydrogens (tertiary/aromatic N) is 5. The topological polar surface area (TPSA) is 139 Å². The molecule has 0 radical (unpaired) electrons. The Morgan fingerprint density at radius 1 is 0.960 bits per heavy atom. The first-order valence-corrected chi connectivity index (χ1v) is 16.6. The number of ether oxygens (including phenoxy) is 2. The smallest absolute Gasteiger partial charge is 0.255 e. The number of hydrogen-bond acceptors (Lipinski definition) is 9. The number of carbonyl (C=O) groups is 3. The summed E-state index contributed by atoms with van der Waals surface area (Å²) in [4.78, 5) is 48.3. The van der Waals surface area contributed by atoms with E-state index in [4.69, 9.17) is 9.47 Å². The molecule has 1 atom stereocenters. The molecule has 3 aromatic heterocycles. The summed E-state index contributed by atoms with van der Waals surface area (Å²) in [5.41, 5.74) is 5.99. The lowest BCUT2D eigenvalue weighted by atomic mass is 10.0. The van der Waals surface area contributed by atoms with Gasteiger partial charge in [-0.05, 0) is 66.4 Å². The van der Waals surface area contributed by atoms with Crippen LogP contribution in [0.3, 0.4) is 0 Å². The molecular formula is C38H40N6O6. The maximum atomic E-state index is 12.6. The number of benzene rings is 2. The number of imide groups is 1. The highest BCUT2D eigenvalue weighted by Gasteiger charge is 2.39. The van der Waals surface area contributed by atoms with Crippen LogP contribution in [0, 0.1) is 0 Å². The van der Waals surface area contributed by atoms with Crippen molar-refractivity contribution in [3.8, 4) is 33.9 Å². The SMILES string of the molecule is CCCOCCOc1ccc2c(c1)CN(C1CCC(=O)NC1=O)C2=O.CN(C)c1ccc(-c2ccc(-c3cn4cccc(O)c4n3)cc2)cn1. The third-order valence-electron chi connectivity index (χ3n) is 8.52. The number of aromatic nitrogens is 3. The summed E-state index contributed by atoms with van der Waals surface area (Å²) in [6.07, 6.45) is 7.25. The fraction of sp³-hybridized carbons (Fsp3) is 0.289. The van der Waals surface area contributed by atoms with E-state index in [0.717, 1.165) is 40.2 Å². The van der Waals surface area contributed by atoms with E-state index in [0.29, 0.717) is 49.7 Å². The van der Waals surface area contributed by atoms with Crippen LogP contribution in [0.15, 0.2) is 85.3 Å². The molecule has 2 aliphatic heterocycles. The molecule has 2 aromatic carbocycles. The quantitative estimate of drug-likeness (QED) is 0.153. The molecule has 12 heteroatoms. The summed E-state index contributed by atoms with van der Waals surface area (Å²) in [5.74, 6) is 0.926. The molecule has 50 heavy (non-hydrogen) atoms. The van der Waals surface area contributed by atoms with Crippen LogP contribution in [0.1, 0.15) is 42.1 Å². The minimum atomic E-state index is -0.593. The lowest BCUT2D eigenvalue weighted by molar-refractivity contribution is -0.136. The van der Waals surface area contributed by atoms with Crippen molar-refractivity contribution in [3.63, 3.8) is 0 Å². The molecule has 3 amide bonds. The predicted molar refractivity (Wildman–Crippen MR) is 189 cm³/mol. The third-order valence-corrected chi connectivity index (χ3v) is 8.52. The number of rotatable bonds is 10. The van der Waals surface area contributed by atoms with Crippen LogP contribution in [0.4, 0.5) is 5.82 Å². The first-order chi connectivity index (χ1) is 24.2. The number of anilines is 1. The van der Waals surface area contributed by atoms with Crippen LogP contribution in [0.2, 0.25) is 0 Å². The number of aromatic hydroxyl groups is 1. The fourth-order valence-electron chi connectivity index (χ4n) is 5.90. The number of carbonyl (C=O) groups excluding carboxylic acids is 3. The number of imidazole rings is 1. The Kier molecular flexibility index (Phi) is 10.4. The first-order valence-electron chi connectivity index (χ1n) is 16.6. The fourth-order valence-corrected chi connectivity index (χ4v) is 5.90. The van der Waals surface area contributed by atoms with Gasteiger partial charge in [0.25, 0.3) is 5.91 Å². The largest absolute Gasteiger partial charge is 0.504 e. The first kappa shape index (κ1) is 34.1. The van der Waals surface area contributed by atoms with Gasteiger partial charge in [0.1, 0.15) is 24.2 Å². The summed E-state index contributed by atoms with van der Waals surface area (Å²) in [7, 11) is 3.95. The zero-order valence-electron chi connectivity index (χ0n) is 28.3. The lowest BCUT2D eigenvalue weighted by Gasteiger charge is -2.29. The van der Waals surface area contributed by atoms with Crippen LogP contribution >= 0.6 is 0 Å². The van der Waals surface area contributed by atoms with Crippen molar-refractivity contribution in [1.82, 2.24) is 24.6 Å². The van der Waals surface area contributed by atoms with E-state index in [9.17, 15) is 19.5 Å². The van der Waals surface area contributed by atoms with Crippen molar-refractivity contribution in [2.24, 2.45) is 0 Å². The van der Waals surface area contributed by atoms with E-state index in [1.807, 2.05) is 73.2 Å². The molecule has 2 aliphatic rings. The summed E-state index contributed by atoms with van der Waals surface area (Å²) in [6.45, 7) is 4.08. The highest BCUT2D eigenvalue weighted by Crippen LogP contribution is 2.30. The molecule has 258 valence electrons. The highest BCUT2D eigenvalue weighted by molar-refractivity contribution is 6.05. The van der Waals surface area contributed by atoms with Crippen molar-refractivity contribution in [2.75, 3.05) is 38.8 Å². The maximum absolute atomic E-state index is 12.6. The van der Waals surface area contributed by atoms with Gasteiger partial charge in [0.05, 0.1) is 12.3 Å². The van der Waals surface area contributed by atoms with Gasteiger partial charge < -0.3 is 28.8 Å². The molecular weight excluding hydrogens is 636 g/mol. The Bertz CT molecular complexity index is 1990. The molecule has 0 bridgehead atoms. The van der Waals surface area contributed by atoms with Crippen LogP contribution in [0.25, 0.3) is 28.0 Å². The van der Waals surface area contributed by atoms with Gasteiger partial charge in [0.2, 0.25) is 11.8 Å². The van der Waals surface area contributed by atoms with Gasteiger partial charge in [-0.15, -0.1) is 0 Å². The summed E-state index contributed by atoms with van der Waals surface area (Å²) < 4.78 is 12.8. The van der Waals surface area contributed by atoms with Gasteiger partial charge in [-0.1, -0.05) is 31.2 Å². The van der Waals surface area contributed by atoms with Gasteiger partial charge in [-0.3, -0.25) is 19.7 Å². The van der Waals surface area contributed by atoms with E-state index in [2.05, 4.69) is 33.5 Å². The number of hydrogen-bond donors (Lipinski definition) is 2. The van der Waals surface area contributed by atoms with Crippen molar-refractivity contribution < 1.29 is 29.0 Å². The Balaban J connectivity index is 0.000000173. The zero-order valence-corrected chi connectivity index (χ0v) is 28.3. The van der Waals surface area contributed by atoms with Crippen LogP contribution in [0.5, 0.6) is 11.5 Å². The Morgan fingerprint density at radius 3 is 2.44 bits per heavy atom. The normalized spacial score (nSPS) is 15.4. The molecule has 1 fully saturated rings. The number of nitrogens with one attached hydrogen (secondary N) is 1. The van der Waals surface area contributed by atoms with Crippen LogP contribution in [-0.2, 0) is 20.9 Å². The molecule has 2 N–H and O–H groups in total. The molecule has 12 nitrogen and oxygen atoms in total. The number of amides is 3. The second kappa shape index (κ2) is 15.2.